The summed E-state index contributed by atoms with van der Waals surface area (Å²) in [5.41, 5.74) is -2.17. The molecule has 0 N–H and O–H groups in total. The summed E-state index contributed by atoms with van der Waals surface area (Å²) in [6.07, 6.45) is -4.43. The summed E-state index contributed by atoms with van der Waals surface area (Å²) in [7, 11) is 1.05. The van der Waals surface area contributed by atoms with Crippen LogP contribution in [0.5, 0.6) is 0 Å². The van der Waals surface area contributed by atoms with Crippen LogP contribution in [0.25, 0.3) is 0 Å². The van der Waals surface area contributed by atoms with Crippen LogP contribution in [0.2, 0.25) is 0 Å². The van der Waals surface area contributed by atoms with E-state index in [1.165, 1.54) is 12.1 Å². The lowest BCUT2D eigenvalue weighted by Crippen LogP contribution is -2.41. The van der Waals surface area contributed by atoms with Crippen LogP contribution in [-0.4, -0.2) is 13.3 Å². The number of hydrogen-bond acceptors (Lipinski definition) is 1. The van der Waals surface area contributed by atoms with Crippen molar-refractivity contribution in [2.75, 3.05) is 7.11 Å². The maximum Gasteiger partial charge on any atom is 0.421 e. The van der Waals surface area contributed by atoms with Crippen LogP contribution < -0.4 is 0 Å². The summed E-state index contributed by atoms with van der Waals surface area (Å²) < 4.78 is 43.6. The number of rotatable bonds is 2. The van der Waals surface area contributed by atoms with Crippen LogP contribution in [0.4, 0.5) is 13.2 Å². The van der Waals surface area contributed by atoms with Crippen molar-refractivity contribution < 1.29 is 17.9 Å². The van der Waals surface area contributed by atoms with Crippen molar-refractivity contribution in [1.82, 2.24) is 0 Å². The van der Waals surface area contributed by atoms with Gasteiger partial charge in [0, 0.05) is 11.6 Å². The van der Waals surface area contributed by atoms with E-state index < -0.39 is 11.8 Å². The standard InChI is InChI=1S/C10H10BrF3O/c1-9(15-2,10(12,13)14)7-3-5-8(11)6-4-7/h3-6H,1-2H3. The molecule has 0 aliphatic carbocycles. The summed E-state index contributed by atoms with van der Waals surface area (Å²) in [4.78, 5) is 0. The lowest BCUT2D eigenvalue weighted by molar-refractivity contribution is -0.269. The van der Waals surface area contributed by atoms with Gasteiger partial charge in [-0.1, -0.05) is 28.1 Å². The zero-order valence-electron chi connectivity index (χ0n) is 8.23. The van der Waals surface area contributed by atoms with E-state index in [-0.39, 0.29) is 5.56 Å². The second kappa shape index (κ2) is 4.14. The quantitative estimate of drug-likeness (QED) is 0.800. The Balaban J connectivity index is 3.18. The maximum atomic E-state index is 12.8. The Kier molecular flexibility index (Phi) is 3.45. The highest BCUT2D eigenvalue weighted by atomic mass is 79.9. The zero-order valence-corrected chi connectivity index (χ0v) is 9.82. The second-order valence-corrected chi connectivity index (χ2v) is 4.16. The van der Waals surface area contributed by atoms with E-state index >= 15 is 0 Å². The Hall–Kier alpha value is -0.550. The van der Waals surface area contributed by atoms with Crippen molar-refractivity contribution in [3.8, 4) is 0 Å². The first-order valence-corrected chi connectivity index (χ1v) is 4.98. The van der Waals surface area contributed by atoms with Gasteiger partial charge in [0.1, 0.15) is 0 Å². The van der Waals surface area contributed by atoms with Gasteiger partial charge in [-0.2, -0.15) is 13.2 Å². The predicted octanol–water partition coefficient (Wildman–Crippen LogP) is 3.87. The van der Waals surface area contributed by atoms with Crippen molar-refractivity contribution in [2.45, 2.75) is 18.7 Å². The number of methoxy groups -OCH3 is 1. The van der Waals surface area contributed by atoms with E-state index in [9.17, 15) is 13.2 Å². The number of benzene rings is 1. The third-order valence-electron chi connectivity index (χ3n) is 2.34. The lowest BCUT2D eigenvalue weighted by atomic mass is 9.95. The molecule has 1 aromatic rings. The molecule has 0 bridgehead atoms. The molecule has 0 saturated carbocycles. The van der Waals surface area contributed by atoms with E-state index in [0.29, 0.717) is 0 Å². The third-order valence-corrected chi connectivity index (χ3v) is 2.87. The highest BCUT2D eigenvalue weighted by Crippen LogP contribution is 2.41. The minimum absolute atomic E-state index is 0.0840. The van der Waals surface area contributed by atoms with Crippen LogP contribution in [-0.2, 0) is 10.3 Å². The van der Waals surface area contributed by atoms with Gasteiger partial charge in [0.2, 0.25) is 0 Å². The zero-order chi connectivity index (χ0) is 11.7. The van der Waals surface area contributed by atoms with Crippen molar-refractivity contribution in [3.05, 3.63) is 34.3 Å². The normalized spacial score (nSPS) is 16.1. The molecule has 0 aromatic heterocycles. The topological polar surface area (TPSA) is 9.23 Å². The molecule has 0 radical (unpaired) electrons. The molecule has 1 atom stereocenters. The second-order valence-electron chi connectivity index (χ2n) is 3.24. The largest absolute Gasteiger partial charge is 0.421 e. The first-order chi connectivity index (χ1) is 6.81. The molecule has 1 unspecified atom stereocenters. The van der Waals surface area contributed by atoms with E-state index in [1.54, 1.807) is 12.1 Å². The maximum absolute atomic E-state index is 12.8. The summed E-state index contributed by atoms with van der Waals surface area (Å²) in [6, 6.07) is 5.89. The molecule has 15 heavy (non-hydrogen) atoms. The molecule has 0 spiro atoms. The van der Waals surface area contributed by atoms with E-state index in [1.807, 2.05) is 0 Å². The van der Waals surface area contributed by atoms with Gasteiger partial charge in [-0.05, 0) is 24.6 Å². The van der Waals surface area contributed by atoms with E-state index in [0.717, 1.165) is 18.5 Å². The molecule has 0 heterocycles. The molecule has 1 nitrogen and oxygen atoms in total. The minimum atomic E-state index is -4.43. The number of halogens is 4. The van der Waals surface area contributed by atoms with Crippen LogP contribution in [0, 0.1) is 0 Å². The van der Waals surface area contributed by atoms with E-state index in [4.69, 9.17) is 0 Å². The van der Waals surface area contributed by atoms with Gasteiger partial charge in [-0.3, -0.25) is 0 Å². The Labute approximate surface area is 94.4 Å². The molecular formula is C10H10BrF3O. The molecule has 84 valence electrons. The van der Waals surface area contributed by atoms with Crippen molar-refractivity contribution in [1.29, 1.82) is 0 Å². The van der Waals surface area contributed by atoms with Crippen molar-refractivity contribution >= 4 is 15.9 Å². The van der Waals surface area contributed by atoms with Crippen LogP contribution >= 0.6 is 15.9 Å². The molecule has 0 aliphatic rings. The van der Waals surface area contributed by atoms with Gasteiger partial charge >= 0.3 is 6.18 Å². The Morgan fingerprint density at radius 3 is 1.93 bits per heavy atom. The number of ether oxygens (including phenoxy) is 1. The highest BCUT2D eigenvalue weighted by molar-refractivity contribution is 9.10. The molecule has 5 heteroatoms. The summed E-state index contributed by atoms with van der Waals surface area (Å²) in [5, 5.41) is 0. The first-order valence-electron chi connectivity index (χ1n) is 4.19. The van der Waals surface area contributed by atoms with Gasteiger partial charge in [-0.15, -0.1) is 0 Å². The lowest BCUT2D eigenvalue weighted by Gasteiger charge is -2.30. The Morgan fingerprint density at radius 1 is 1.13 bits per heavy atom. The van der Waals surface area contributed by atoms with Gasteiger partial charge in [0.25, 0.3) is 0 Å². The average molecular weight is 283 g/mol. The number of hydrogen-bond donors (Lipinski definition) is 0. The van der Waals surface area contributed by atoms with Crippen molar-refractivity contribution in [3.63, 3.8) is 0 Å². The SMILES string of the molecule is COC(C)(c1ccc(Br)cc1)C(F)(F)F. The molecule has 0 saturated heterocycles. The van der Waals surface area contributed by atoms with Crippen LogP contribution in [0.1, 0.15) is 12.5 Å². The summed E-state index contributed by atoms with van der Waals surface area (Å²) in [5.74, 6) is 0. The molecule has 0 amide bonds. The van der Waals surface area contributed by atoms with Crippen LogP contribution in [0.15, 0.2) is 28.7 Å². The molecular weight excluding hydrogens is 273 g/mol. The third kappa shape index (κ3) is 2.34. The van der Waals surface area contributed by atoms with Gasteiger partial charge < -0.3 is 4.74 Å². The highest BCUT2D eigenvalue weighted by Gasteiger charge is 2.52. The first kappa shape index (κ1) is 12.5. The fraction of sp³-hybridized carbons (Fsp3) is 0.400. The molecule has 0 aliphatic heterocycles. The summed E-state index contributed by atoms with van der Waals surface area (Å²) >= 11 is 3.16. The average Bonchev–Trinajstić information content (AvgIpc) is 2.16. The Morgan fingerprint density at radius 2 is 1.60 bits per heavy atom. The van der Waals surface area contributed by atoms with Gasteiger partial charge in [0.15, 0.2) is 5.60 Å². The monoisotopic (exact) mass is 282 g/mol. The van der Waals surface area contributed by atoms with Gasteiger partial charge in [0.05, 0.1) is 0 Å². The summed E-state index contributed by atoms with van der Waals surface area (Å²) in [6.45, 7) is 1.01. The molecule has 1 rings (SSSR count). The molecule has 0 fully saturated rings. The minimum Gasteiger partial charge on any atom is -0.364 e. The fourth-order valence-electron chi connectivity index (χ4n) is 1.17. The number of alkyl halides is 3. The predicted molar refractivity (Wildman–Crippen MR) is 54.6 cm³/mol. The van der Waals surface area contributed by atoms with Crippen LogP contribution in [0.3, 0.4) is 0 Å². The van der Waals surface area contributed by atoms with E-state index in [2.05, 4.69) is 20.7 Å². The van der Waals surface area contributed by atoms with Gasteiger partial charge in [-0.25, -0.2) is 0 Å². The fourth-order valence-corrected chi connectivity index (χ4v) is 1.43. The Bertz CT molecular complexity index is 334. The molecule has 1 aromatic carbocycles. The smallest absolute Gasteiger partial charge is 0.364 e. The van der Waals surface area contributed by atoms with Crippen molar-refractivity contribution in [2.24, 2.45) is 0 Å².